The highest BCUT2D eigenvalue weighted by Crippen LogP contribution is 2.36. The van der Waals surface area contributed by atoms with E-state index in [1.165, 1.54) is 60.1 Å². The summed E-state index contributed by atoms with van der Waals surface area (Å²) < 4.78 is 5.64. The summed E-state index contributed by atoms with van der Waals surface area (Å²) in [6.07, 6.45) is 12.9. The summed E-state index contributed by atoms with van der Waals surface area (Å²) in [5, 5.41) is 6.97. The molecule has 4 aromatic rings. The number of unbranched alkanes of at least 4 members (excludes halogenated alkanes) is 8. The van der Waals surface area contributed by atoms with E-state index in [9.17, 15) is 4.79 Å². The maximum absolute atomic E-state index is 12.8. The molecule has 0 fully saturated rings. The molecule has 0 heterocycles. The lowest BCUT2D eigenvalue weighted by atomic mass is 9.92. The molecule has 0 aliphatic heterocycles. The molecule has 0 saturated carbocycles. The molecule has 0 spiro atoms. The van der Waals surface area contributed by atoms with Crippen LogP contribution < -0.4 is 0 Å². The van der Waals surface area contributed by atoms with E-state index in [0.29, 0.717) is 12.2 Å². The molecule has 0 N–H and O–H groups in total. The van der Waals surface area contributed by atoms with Gasteiger partial charge in [0.15, 0.2) is 0 Å². The van der Waals surface area contributed by atoms with E-state index < -0.39 is 0 Å². The molecule has 0 bridgehead atoms. The van der Waals surface area contributed by atoms with Crippen LogP contribution in [0.2, 0.25) is 0 Å². The van der Waals surface area contributed by atoms with Gasteiger partial charge >= 0.3 is 5.97 Å². The molecular weight excluding hydrogens is 380 g/mol. The minimum Gasteiger partial charge on any atom is -0.462 e. The molecule has 0 saturated heterocycles. The summed E-state index contributed by atoms with van der Waals surface area (Å²) in [6.45, 7) is 4.27. The number of ether oxygens (including phenoxy) is 1. The molecule has 2 heteroatoms. The van der Waals surface area contributed by atoms with Crippen molar-refractivity contribution in [2.75, 3.05) is 6.61 Å². The van der Waals surface area contributed by atoms with Gasteiger partial charge in [-0.25, -0.2) is 4.79 Å². The van der Waals surface area contributed by atoms with E-state index >= 15 is 0 Å². The lowest BCUT2D eigenvalue weighted by Crippen LogP contribution is -2.07. The van der Waals surface area contributed by atoms with Gasteiger partial charge in [-0.05, 0) is 57.6 Å². The molecule has 0 aliphatic rings. The van der Waals surface area contributed by atoms with Crippen LogP contribution in [0.25, 0.3) is 32.3 Å². The zero-order valence-electron chi connectivity index (χ0n) is 18.4. The predicted molar refractivity (Wildman–Crippen MR) is 132 cm³/mol. The van der Waals surface area contributed by atoms with Gasteiger partial charge in [-0.3, -0.25) is 0 Å². The van der Waals surface area contributed by atoms with E-state index in [-0.39, 0.29) is 5.97 Å². The van der Waals surface area contributed by atoms with Crippen LogP contribution in [0.5, 0.6) is 0 Å². The molecule has 0 atom stereocenters. The number of hydrogen-bond donors (Lipinski definition) is 0. The van der Waals surface area contributed by atoms with Crippen LogP contribution >= 0.6 is 0 Å². The number of esters is 1. The largest absolute Gasteiger partial charge is 0.462 e. The molecule has 0 unspecified atom stereocenters. The van der Waals surface area contributed by atoms with Crippen molar-refractivity contribution in [3.8, 4) is 0 Å². The van der Waals surface area contributed by atoms with Crippen LogP contribution in [-0.2, 0) is 4.74 Å². The summed E-state index contributed by atoms with van der Waals surface area (Å²) >= 11 is 0. The predicted octanol–water partition coefficient (Wildman–Crippen LogP) is 8.44. The minimum absolute atomic E-state index is 0.208. The van der Waals surface area contributed by atoms with Crippen LogP contribution in [0.4, 0.5) is 0 Å². The number of carbonyl (C=O) groups excluding carboxylic acids is 1. The van der Waals surface area contributed by atoms with E-state index in [2.05, 4.69) is 49.0 Å². The number of carbonyl (C=O) groups is 1. The van der Waals surface area contributed by atoms with Crippen molar-refractivity contribution in [2.24, 2.45) is 0 Å². The molecule has 4 aromatic carbocycles. The molecule has 160 valence electrons. The Kier molecular flexibility index (Phi) is 7.19. The number of benzene rings is 4. The van der Waals surface area contributed by atoms with Crippen molar-refractivity contribution in [1.82, 2.24) is 0 Å². The summed E-state index contributed by atoms with van der Waals surface area (Å²) in [4.78, 5) is 12.8. The molecular formula is C29H32O2. The van der Waals surface area contributed by atoms with Gasteiger partial charge in [0.05, 0.1) is 12.2 Å². The lowest BCUT2D eigenvalue weighted by Gasteiger charge is -2.13. The van der Waals surface area contributed by atoms with Crippen molar-refractivity contribution in [2.45, 2.75) is 57.8 Å². The van der Waals surface area contributed by atoms with E-state index in [4.69, 9.17) is 4.74 Å². The first kappa shape index (κ1) is 21.4. The average molecular weight is 413 g/mol. The second-order valence-corrected chi connectivity index (χ2v) is 8.51. The highest BCUT2D eigenvalue weighted by molar-refractivity contribution is 6.25. The van der Waals surface area contributed by atoms with Crippen molar-refractivity contribution in [3.05, 3.63) is 72.8 Å². The molecule has 31 heavy (non-hydrogen) atoms. The standard InChI is InChI=1S/C29H32O2/c1-2-3-4-5-6-7-8-9-10-11-21-31-29(30)26-20-18-24-16-15-22-13-12-14-23-17-19-25(26)28(24)27(22)23/h2,12-20H,1,3-11,21H2. The van der Waals surface area contributed by atoms with E-state index in [1.807, 2.05) is 18.2 Å². The summed E-state index contributed by atoms with van der Waals surface area (Å²) in [6, 6.07) is 18.8. The number of hydrogen-bond acceptors (Lipinski definition) is 2. The normalized spacial score (nSPS) is 11.5. The fourth-order valence-electron chi connectivity index (χ4n) is 4.61. The summed E-state index contributed by atoms with van der Waals surface area (Å²) in [5.41, 5.74) is 0.672. The second kappa shape index (κ2) is 10.4. The van der Waals surface area contributed by atoms with Gasteiger partial charge in [-0.2, -0.15) is 0 Å². The SMILES string of the molecule is C=CCCCCCCCCCCOC(=O)c1ccc2ccc3cccc4ccc1c2c34. The van der Waals surface area contributed by atoms with Crippen molar-refractivity contribution < 1.29 is 9.53 Å². The fraction of sp³-hybridized carbons (Fsp3) is 0.345. The molecule has 4 rings (SSSR count). The fourth-order valence-corrected chi connectivity index (χ4v) is 4.61. The first-order chi connectivity index (χ1) is 15.3. The summed E-state index contributed by atoms with van der Waals surface area (Å²) in [7, 11) is 0. The third-order valence-corrected chi connectivity index (χ3v) is 6.28. The van der Waals surface area contributed by atoms with Gasteiger partial charge in [-0.15, -0.1) is 6.58 Å². The average Bonchev–Trinajstić information content (AvgIpc) is 2.80. The molecule has 2 nitrogen and oxygen atoms in total. The Morgan fingerprint density at radius 2 is 1.29 bits per heavy atom. The summed E-state index contributed by atoms with van der Waals surface area (Å²) in [5.74, 6) is -0.208. The quantitative estimate of drug-likeness (QED) is 0.101. The maximum atomic E-state index is 12.8. The van der Waals surface area contributed by atoms with E-state index in [0.717, 1.165) is 30.0 Å². The maximum Gasteiger partial charge on any atom is 0.338 e. The van der Waals surface area contributed by atoms with Crippen molar-refractivity contribution in [1.29, 1.82) is 0 Å². The van der Waals surface area contributed by atoms with Gasteiger partial charge in [0.25, 0.3) is 0 Å². The van der Waals surface area contributed by atoms with Crippen LogP contribution in [0, 0.1) is 0 Å². The number of allylic oxidation sites excluding steroid dienone is 1. The van der Waals surface area contributed by atoms with Crippen LogP contribution in [-0.4, -0.2) is 12.6 Å². The topological polar surface area (TPSA) is 26.3 Å². The first-order valence-electron chi connectivity index (χ1n) is 11.7. The smallest absolute Gasteiger partial charge is 0.338 e. The zero-order valence-corrected chi connectivity index (χ0v) is 18.4. The van der Waals surface area contributed by atoms with Gasteiger partial charge in [0.1, 0.15) is 0 Å². The highest BCUT2D eigenvalue weighted by atomic mass is 16.5. The zero-order chi connectivity index (χ0) is 21.5. The van der Waals surface area contributed by atoms with E-state index in [1.54, 1.807) is 0 Å². The molecule has 0 aromatic heterocycles. The third-order valence-electron chi connectivity index (χ3n) is 6.28. The highest BCUT2D eigenvalue weighted by Gasteiger charge is 2.15. The Balaban J connectivity index is 1.31. The molecule has 0 aliphatic carbocycles. The van der Waals surface area contributed by atoms with Gasteiger partial charge in [-0.1, -0.05) is 93.1 Å². The Hall–Kier alpha value is -2.87. The molecule has 0 radical (unpaired) electrons. The van der Waals surface area contributed by atoms with Crippen molar-refractivity contribution >= 4 is 38.3 Å². The van der Waals surface area contributed by atoms with Gasteiger partial charge < -0.3 is 4.74 Å². The minimum atomic E-state index is -0.208. The number of rotatable bonds is 12. The Bertz CT molecular complexity index is 1140. The first-order valence-corrected chi connectivity index (χ1v) is 11.7. The second-order valence-electron chi connectivity index (χ2n) is 8.51. The van der Waals surface area contributed by atoms with Crippen LogP contribution in [0.1, 0.15) is 68.1 Å². The Labute approximate surface area is 185 Å². The lowest BCUT2D eigenvalue weighted by molar-refractivity contribution is 0.0500. The van der Waals surface area contributed by atoms with Gasteiger partial charge in [0, 0.05) is 0 Å². The Morgan fingerprint density at radius 1 is 0.710 bits per heavy atom. The van der Waals surface area contributed by atoms with Gasteiger partial charge in [0.2, 0.25) is 0 Å². The van der Waals surface area contributed by atoms with Crippen LogP contribution in [0.3, 0.4) is 0 Å². The Morgan fingerprint density at radius 3 is 2.00 bits per heavy atom. The monoisotopic (exact) mass is 412 g/mol. The van der Waals surface area contributed by atoms with Crippen molar-refractivity contribution in [3.63, 3.8) is 0 Å². The van der Waals surface area contributed by atoms with Crippen LogP contribution in [0.15, 0.2) is 67.3 Å². The third kappa shape index (κ3) is 4.90. The molecule has 0 amide bonds.